The number of rotatable bonds is 5. The summed E-state index contributed by atoms with van der Waals surface area (Å²) in [7, 11) is 1.61. The van der Waals surface area contributed by atoms with Crippen LogP contribution in [0.25, 0.3) is 0 Å². The second-order valence-corrected chi connectivity index (χ2v) is 5.10. The van der Waals surface area contributed by atoms with Gasteiger partial charge < -0.3 is 14.5 Å². The Balaban J connectivity index is 2.12. The Labute approximate surface area is 124 Å². The van der Waals surface area contributed by atoms with Crippen molar-refractivity contribution in [2.45, 2.75) is 33.2 Å². The average molecular weight is 288 g/mol. The lowest BCUT2D eigenvalue weighted by Crippen LogP contribution is -2.24. The molecule has 1 aromatic carbocycles. The maximum Gasteiger partial charge on any atom is 0.289 e. The molecule has 5 nitrogen and oxygen atoms in total. The van der Waals surface area contributed by atoms with Crippen LogP contribution in [0.3, 0.4) is 0 Å². The molecule has 1 heterocycles. The van der Waals surface area contributed by atoms with Gasteiger partial charge in [-0.25, -0.2) is 4.98 Å². The van der Waals surface area contributed by atoms with Gasteiger partial charge in [0.15, 0.2) is 5.89 Å². The number of oxazole rings is 1. The summed E-state index contributed by atoms with van der Waals surface area (Å²) in [6.45, 7) is 6.08. The first-order chi connectivity index (χ1) is 10.0. The van der Waals surface area contributed by atoms with Crippen molar-refractivity contribution in [2.75, 3.05) is 7.11 Å². The van der Waals surface area contributed by atoms with Gasteiger partial charge in [0.05, 0.1) is 12.8 Å². The fraction of sp³-hybridized carbons (Fsp3) is 0.375. The average Bonchev–Trinajstić information content (AvgIpc) is 2.87. The van der Waals surface area contributed by atoms with Gasteiger partial charge in [-0.3, -0.25) is 4.79 Å². The van der Waals surface area contributed by atoms with E-state index in [0.29, 0.717) is 18.1 Å². The molecule has 112 valence electrons. The monoisotopic (exact) mass is 288 g/mol. The number of aryl methyl sites for hydroxylation is 1. The third-order valence-electron chi connectivity index (χ3n) is 3.15. The van der Waals surface area contributed by atoms with E-state index >= 15 is 0 Å². The first-order valence-corrected chi connectivity index (χ1v) is 6.90. The maximum atomic E-state index is 12.3. The van der Waals surface area contributed by atoms with Crippen molar-refractivity contribution < 1.29 is 13.9 Å². The summed E-state index contributed by atoms with van der Waals surface area (Å²) in [5, 5.41) is 2.85. The molecule has 0 bridgehead atoms. The standard InChI is InChI=1S/C16H20N2O3/c1-10(2)14-15(21-11(3)18-14)16(19)17-9-12-7-5-6-8-13(12)20-4/h5-8,10H,9H2,1-4H3,(H,17,19). The fourth-order valence-corrected chi connectivity index (χ4v) is 2.10. The van der Waals surface area contributed by atoms with Crippen molar-refractivity contribution in [3.63, 3.8) is 0 Å². The molecule has 0 unspecified atom stereocenters. The molecular weight excluding hydrogens is 268 g/mol. The van der Waals surface area contributed by atoms with Crippen LogP contribution >= 0.6 is 0 Å². The van der Waals surface area contributed by atoms with Gasteiger partial charge in [-0.05, 0) is 12.0 Å². The van der Waals surface area contributed by atoms with Gasteiger partial charge in [0.1, 0.15) is 5.75 Å². The Morgan fingerprint density at radius 1 is 1.38 bits per heavy atom. The molecule has 0 aliphatic carbocycles. The van der Waals surface area contributed by atoms with Crippen LogP contribution in [0.1, 0.15) is 47.5 Å². The number of aromatic nitrogens is 1. The van der Waals surface area contributed by atoms with E-state index in [1.807, 2.05) is 38.1 Å². The number of benzene rings is 1. The molecule has 1 amide bonds. The minimum absolute atomic E-state index is 0.134. The Morgan fingerprint density at radius 2 is 2.10 bits per heavy atom. The normalized spacial score (nSPS) is 10.7. The van der Waals surface area contributed by atoms with Gasteiger partial charge in [-0.2, -0.15) is 0 Å². The van der Waals surface area contributed by atoms with Crippen LogP contribution in [-0.2, 0) is 6.54 Å². The number of nitrogens with zero attached hydrogens (tertiary/aromatic N) is 1. The molecule has 5 heteroatoms. The number of methoxy groups -OCH3 is 1. The van der Waals surface area contributed by atoms with Gasteiger partial charge in [-0.15, -0.1) is 0 Å². The number of para-hydroxylation sites is 1. The minimum atomic E-state index is -0.259. The Bertz CT molecular complexity index is 632. The van der Waals surface area contributed by atoms with Gasteiger partial charge in [-0.1, -0.05) is 32.0 Å². The quantitative estimate of drug-likeness (QED) is 0.918. The lowest BCUT2D eigenvalue weighted by molar-refractivity contribution is 0.0920. The highest BCUT2D eigenvalue weighted by Crippen LogP contribution is 2.21. The molecule has 0 radical (unpaired) electrons. The molecule has 1 aromatic heterocycles. The van der Waals surface area contributed by atoms with Crippen LogP contribution in [0.2, 0.25) is 0 Å². The first-order valence-electron chi connectivity index (χ1n) is 6.90. The van der Waals surface area contributed by atoms with Crippen LogP contribution < -0.4 is 10.1 Å². The van der Waals surface area contributed by atoms with E-state index in [1.165, 1.54) is 0 Å². The molecule has 0 aliphatic heterocycles. The summed E-state index contributed by atoms with van der Waals surface area (Å²) < 4.78 is 10.7. The molecular formula is C16H20N2O3. The van der Waals surface area contributed by atoms with Crippen molar-refractivity contribution >= 4 is 5.91 Å². The number of ether oxygens (including phenoxy) is 1. The molecule has 0 fully saturated rings. The SMILES string of the molecule is COc1ccccc1CNC(=O)c1oc(C)nc1C(C)C. The van der Waals surface area contributed by atoms with Crippen molar-refractivity contribution in [3.05, 3.63) is 47.2 Å². The summed E-state index contributed by atoms with van der Waals surface area (Å²) in [4.78, 5) is 16.5. The third-order valence-corrected chi connectivity index (χ3v) is 3.15. The summed E-state index contributed by atoms with van der Waals surface area (Å²) in [6.07, 6.45) is 0. The summed E-state index contributed by atoms with van der Waals surface area (Å²) in [6, 6.07) is 7.57. The smallest absolute Gasteiger partial charge is 0.289 e. The lowest BCUT2D eigenvalue weighted by Gasteiger charge is -2.09. The van der Waals surface area contributed by atoms with Gasteiger partial charge >= 0.3 is 0 Å². The fourth-order valence-electron chi connectivity index (χ4n) is 2.10. The van der Waals surface area contributed by atoms with E-state index in [4.69, 9.17) is 9.15 Å². The van der Waals surface area contributed by atoms with Crippen LogP contribution in [0.5, 0.6) is 5.75 Å². The van der Waals surface area contributed by atoms with Crippen LogP contribution in [0.15, 0.2) is 28.7 Å². The Kier molecular flexibility index (Phi) is 4.62. The predicted molar refractivity (Wildman–Crippen MR) is 79.5 cm³/mol. The topological polar surface area (TPSA) is 64.4 Å². The lowest BCUT2D eigenvalue weighted by atomic mass is 10.1. The van der Waals surface area contributed by atoms with Gasteiger partial charge in [0, 0.05) is 19.0 Å². The highest BCUT2D eigenvalue weighted by atomic mass is 16.5. The molecule has 0 aliphatic rings. The molecule has 0 atom stereocenters. The molecule has 0 spiro atoms. The number of nitrogens with one attached hydrogen (secondary N) is 1. The highest BCUT2D eigenvalue weighted by Gasteiger charge is 2.21. The summed E-state index contributed by atoms with van der Waals surface area (Å²) in [5.74, 6) is 1.41. The van der Waals surface area contributed by atoms with Gasteiger partial charge in [0.25, 0.3) is 5.91 Å². The van der Waals surface area contributed by atoms with Crippen molar-refractivity contribution in [2.24, 2.45) is 0 Å². The zero-order chi connectivity index (χ0) is 15.4. The van der Waals surface area contributed by atoms with Crippen molar-refractivity contribution in [1.29, 1.82) is 0 Å². The third kappa shape index (κ3) is 3.42. The zero-order valence-corrected chi connectivity index (χ0v) is 12.8. The Morgan fingerprint density at radius 3 is 2.76 bits per heavy atom. The molecule has 0 saturated carbocycles. The summed E-state index contributed by atoms with van der Waals surface area (Å²) >= 11 is 0. The number of carbonyl (C=O) groups is 1. The van der Waals surface area contributed by atoms with Gasteiger partial charge in [0.2, 0.25) is 5.76 Å². The number of hydrogen-bond acceptors (Lipinski definition) is 4. The second kappa shape index (κ2) is 6.43. The molecule has 0 saturated heterocycles. The van der Waals surface area contributed by atoms with E-state index in [2.05, 4.69) is 10.3 Å². The minimum Gasteiger partial charge on any atom is -0.496 e. The van der Waals surface area contributed by atoms with E-state index < -0.39 is 0 Å². The second-order valence-electron chi connectivity index (χ2n) is 5.10. The summed E-state index contributed by atoms with van der Waals surface area (Å²) in [5.41, 5.74) is 1.60. The van der Waals surface area contributed by atoms with Crippen molar-refractivity contribution in [1.82, 2.24) is 10.3 Å². The number of hydrogen-bond donors (Lipinski definition) is 1. The zero-order valence-electron chi connectivity index (χ0n) is 12.8. The van der Waals surface area contributed by atoms with Crippen LogP contribution in [-0.4, -0.2) is 18.0 Å². The molecule has 21 heavy (non-hydrogen) atoms. The largest absolute Gasteiger partial charge is 0.496 e. The number of carbonyl (C=O) groups excluding carboxylic acids is 1. The van der Waals surface area contributed by atoms with Crippen LogP contribution in [0.4, 0.5) is 0 Å². The van der Waals surface area contributed by atoms with Crippen molar-refractivity contribution in [3.8, 4) is 5.75 Å². The van der Waals surface area contributed by atoms with E-state index in [9.17, 15) is 4.79 Å². The molecule has 2 rings (SSSR count). The van der Waals surface area contributed by atoms with E-state index in [-0.39, 0.29) is 17.6 Å². The molecule has 1 N–H and O–H groups in total. The van der Waals surface area contributed by atoms with E-state index in [0.717, 1.165) is 11.3 Å². The first kappa shape index (κ1) is 15.1. The maximum absolute atomic E-state index is 12.3. The van der Waals surface area contributed by atoms with Crippen LogP contribution in [0, 0.1) is 6.92 Å². The molecule has 2 aromatic rings. The highest BCUT2D eigenvalue weighted by molar-refractivity contribution is 5.92. The number of amides is 1. The predicted octanol–water partition coefficient (Wildman–Crippen LogP) is 3.05. The Hall–Kier alpha value is -2.30. The van der Waals surface area contributed by atoms with E-state index in [1.54, 1.807) is 14.0 Å².